The fourth-order valence-electron chi connectivity index (χ4n) is 1.94. The first-order valence-corrected chi connectivity index (χ1v) is 4.64. The maximum Gasteiger partial charge on any atom is 0.191 e. The molecule has 0 saturated carbocycles. The molecule has 1 aliphatic rings. The summed E-state index contributed by atoms with van der Waals surface area (Å²) in [5.41, 5.74) is 1.03. The Morgan fingerprint density at radius 2 is 2.54 bits per heavy atom. The van der Waals surface area contributed by atoms with Crippen molar-refractivity contribution in [2.75, 3.05) is 0 Å². The van der Waals surface area contributed by atoms with Crippen molar-refractivity contribution >= 4 is 0 Å². The molecule has 1 heterocycles. The van der Waals surface area contributed by atoms with Crippen molar-refractivity contribution in [3.05, 3.63) is 17.3 Å². The summed E-state index contributed by atoms with van der Waals surface area (Å²) in [4.78, 5) is 4.33. The molecule has 0 N–H and O–H groups in total. The molecule has 0 saturated heterocycles. The van der Waals surface area contributed by atoms with E-state index in [0.717, 1.165) is 36.6 Å². The quantitative estimate of drug-likeness (QED) is 0.659. The van der Waals surface area contributed by atoms with Gasteiger partial charge in [0, 0.05) is 25.7 Å². The van der Waals surface area contributed by atoms with Crippen LogP contribution >= 0.6 is 0 Å². The van der Waals surface area contributed by atoms with Crippen LogP contribution in [0.1, 0.15) is 42.5 Å². The van der Waals surface area contributed by atoms with Gasteiger partial charge in [-0.1, -0.05) is 0 Å². The topological polar surface area (TPSA) is 49.8 Å². The Balaban J connectivity index is 2.32. The van der Waals surface area contributed by atoms with E-state index < -0.39 is 0 Å². The van der Waals surface area contributed by atoms with Crippen LogP contribution in [0.4, 0.5) is 0 Å². The van der Waals surface area contributed by atoms with Crippen LogP contribution in [-0.4, -0.2) is 4.98 Å². The van der Waals surface area contributed by atoms with Crippen molar-refractivity contribution in [1.82, 2.24) is 4.98 Å². The maximum absolute atomic E-state index is 8.64. The van der Waals surface area contributed by atoms with Gasteiger partial charge < -0.3 is 4.42 Å². The van der Waals surface area contributed by atoms with Crippen molar-refractivity contribution in [2.45, 2.75) is 38.5 Å². The number of aryl methyl sites for hydroxylation is 2. The summed E-state index contributed by atoms with van der Waals surface area (Å²) >= 11 is 0. The molecular formula is C10H12N2O. The lowest BCUT2D eigenvalue weighted by Gasteiger charge is -2.16. The SMILES string of the molecule is Cc1nc2c(o1)CCCC2CC#N. The van der Waals surface area contributed by atoms with E-state index in [1.165, 1.54) is 0 Å². The van der Waals surface area contributed by atoms with E-state index in [2.05, 4.69) is 11.1 Å². The van der Waals surface area contributed by atoms with E-state index in [0.29, 0.717) is 12.3 Å². The number of hydrogen-bond donors (Lipinski definition) is 0. The fourth-order valence-corrected chi connectivity index (χ4v) is 1.94. The monoisotopic (exact) mass is 176 g/mol. The largest absolute Gasteiger partial charge is 0.446 e. The zero-order valence-corrected chi connectivity index (χ0v) is 7.71. The van der Waals surface area contributed by atoms with E-state index >= 15 is 0 Å². The van der Waals surface area contributed by atoms with Gasteiger partial charge in [-0.3, -0.25) is 0 Å². The van der Waals surface area contributed by atoms with Crippen LogP contribution in [0.3, 0.4) is 0 Å². The van der Waals surface area contributed by atoms with Gasteiger partial charge in [-0.2, -0.15) is 5.26 Å². The minimum atomic E-state index is 0.311. The Hall–Kier alpha value is -1.30. The van der Waals surface area contributed by atoms with Gasteiger partial charge in [-0.25, -0.2) is 4.98 Å². The molecule has 1 aliphatic carbocycles. The van der Waals surface area contributed by atoms with Crippen LogP contribution in [0.5, 0.6) is 0 Å². The van der Waals surface area contributed by atoms with Gasteiger partial charge in [0.25, 0.3) is 0 Å². The van der Waals surface area contributed by atoms with Crippen LogP contribution in [-0.2, 0) is 6.42 Å². The first-order valence-electron chi connectivity index (χ1n) is 4.64. The van der Waals surface area contributed by atoms with Gasteiger partial charge in [0.15, 0.2) is 5.89 Å². The van der Waals surface area contributed by atoms with Gasteiger partial charge in [0.1, 0.15) is 5.76 Å². The highest BCUT2D eigenvalue weighted by molar-refractivity contribution is 5.19. The van der Waals surface area contributed by atoms with Crippen LogP contribution in [0.25, 0.3) is 0 Å². The highest BCUT2D eigenvalue weighted by Gasteiger charge is 2.24. The van der Waals surface area contributed by atoms with Crippen LogP contribution in [0.2, 0.25) is 0 Å². The molecule has 13 heavy (non-hydrogen) atoms. The van der Waals surface area contributed by atoms with Gasteiger partial charge in [-0.15, -0.1) is 0 Å². The van der Waals surface area contributed by atoms with Gasteiger partial charge in [0.05, 0.1) is 11.8 Å². The molecule has 0 amide bonds. The summed E-state index contributed by atoms with van der Waals surface area (Å²) in [6, 6.07) is 2.21. The molecule has 0 bridgehead atoms. The third kappa shape index (κ3) is 1.44. The minimum absolute atomic E-state index is 0.311. The molecule has 0 spiro atoms. The molecule has 3 heteroatoms. The Morgan fingerprint density at radius 3 is 3.31 bits per heavy atom. The van der Waals surface area contributed by atoms with Crippen LogP contribution in [0.15, 0.2) is 4.42 Å². The summed E-state index contributed by atoms with van der Waals surface area (Å²) < 4.78 is 5.46. The molecule has 0 radical (unpaired) electrons. The average molecular weight is 176 g/mol. The van der Waals surface area contributed by atoms with Crippen molar-refractivity contribution in [3.63, 3.8) is 0 Å². The number of oxazole rings is 1. The van der Waals surface area contributed by atoms with E-state index in [1.807, 2.05) is 6.92 Å². The Morgan fingerprint density at radius 1 is 1.69 bits per heavy atom. The highest BCUT2D eigenvalue weighted by atomic mass is 16.4. The van der Waals surface area contributed by atoms with Gasteiger partial charge in [-0.05, 0) is 12.8 Å². The molecule has 3 nitrogen and oxygen atoms in total. The number of hydrogen-bond acceptors (Lipinski definition) is 3. The predicted molar refractivity (Wildman–Crippen MR) is 47.1 cm³/mol. The molecule has 0 fully saturated rings. The van der Waals surface area contributed by atoms with Crippen molar-refractivity contribution in [2.24, 2.45) is 0 Å². The van der Waals surface area contributed by atoms with E-state index in [1.54, 1.807) is 0 Å². The number of fused-ring (bicyclic) bond motifs is 1. The first-order chi connectivity index (χ1) is 6.31. The lowest BCUT2D eigenvalue weighted by molar-refractivity contribution is 0.437. The minimum Gasteiger partial charge on any atom is -0.446 e. The van der Waals surface area contributed by atoms with Gasteiger partial charge >= 0.3 is 0 Å². The fraction of sp³-hybridized carbons (Fsp3) is 0.600. The summed E-state index contributed by atoms with van der Waals surface area (Å²) in [5.74, 6) is 2.05. The summed E-state index contributed by atoms with van der Waals surface area (Å²) in [6.45, 7) is 1.86. The number of rotatable bonds is 1. The van der Waals surface area contributed by atoms with Crippen molar-refractivity contribution in [3.8, 4) is 6.07 Å². The maximum atomic E-state index is 8.64. The second-order valence-electron chi connectivity index (χ2n) is 3.49. The van der Waals surface area contributed by atoms with Crippen LogP contribution in [0, 0.1) is 18.3 Å². The third-order valence-electron chi connectivity index (χ3n) is 2.52. The summed E-state index contributed by atoms with van der Waals surface area (Å²) in [5, 5.41) is 8.64. The molecule has 1 unspecified atom stereocenters. The summed E-state index contributed by atoms with van der Waals surface area (Å²) in [7, 11) is 0. The lowest BCUT2D eigenvalue weighted by Crippen LogP contribution is -2.08. The Kier molecular flexibility index (Phi) is 2.05. The van der Waals surface area contributed by atoms with Gasteiger partial charge in [0.2, 0.25) is 0 Å². The lowest BCUT2D eigenvalue weighted by atomic mass is 9.88. The Labute approximate surface area is 77.4 Å². The normalized spacial score (nSPS) is 20.8. The van der Waals surface area contributed by atoms with E-state index in [4.69, 9.17) is 9.68 Å². The molecule has 0 aliphatic heterocycles. The molecular weight excluding hydrogens is 164 g/mol. The third-order valence-corrected chi connectivity index (χ3v) is 2.52. The molecule has 1 aromatic rings. The summed E-state index contributed by atoms with van der Waals surface area (Å²) in [6.07, 6.45) is 3.75. The molecule has 0 aromatic carbocycles. The molecule has 2 rings (SSSR count). The highest BCUT2D eigenvalue weighted by Crippen LogP contribution is 2.33. The Bertz CT molecular complexity index is 348. The van der Waals surface area contributed by atoms with Crippen LogP contribution < -0.4 is 0 Å². The number of aromatic nitrogens is 1. The standard InChI is InChI=1S/C10H12N2O/c1-7-12-10-8(5-6-11)3-2-4-9(10)13-7/h8H,2-5H2,1H3. The molecule has 68 valence electrons. The van der Waals surface area contributed by atoms with Crippen molar-refractivity contribution in [1.29, 1.82) is 5.26 Å². The molecule has 1 aromatic heterocycles. The van der Waals surface area contributed by atoms with Crippen molar-refractivity contribution < 1.29 is 4.42 Å². The number of nitriles is 1. The van der Waals surface area contributed by atoms with E-state index in [9.17, 15) is 0 Å². The zero-order chi connectivity index (χ0) is 9.26. The molecule has 1 atom stereocenters. The van der Waals surface area contributed by atoms with E-state index in [-0.39, 0.29) is 0 Å². The zero-order valence-electron chi connectivity index (χ0n) is 7.71. The second-order valence-corrected chi connectivity index (χ2v) is 3.49. The average Bonchev–Trinajstić information content (AvgIpc) is 2.47. The smallest absolute Gasteiger partial charge is 0.191 e. The number of nitrogens with zero attached hydrogens (tertiary/aromatic N) is 2. The second kappa shape index (κ2) is 3.21. The first kappa shape index (κ1) is 8.31. The predicted octanol–water partition coefficient (Wildman–Crippen LogP) is 2.32.